The lowest BCUT2D eigenvalue weighted by atomic mass is 10.1. The zero-order valence-corrected chi connectivity index (χ0v) is 11.8. The molecule has 0 saturated heterocycles. The largest absolute Gasteiger partial charge is 0.402 e. The van der Waals surface area contributed by atoms with Gasteiger partial charge in [0.1, 0.15) is 5.71 Å². The van der Waals surface area contributed by atoms with Gasteiger partial charge in [0, 0.05) is 24.1 Å². The first kappa shape index (κ1) is 15.5. The standard InChI is InChI=1S/C12H13Cl2N3O2/c1-2-11(19)17-16-10(6-18)8-5-7(15)3-4-9(13)12(8)14/h3-4,6H,2,5,15H2,1H3,(H,17,19)/b16-10+. The van der Waals surface area contributed by atoms with Gasteiger partial charge in [-0.25, -0.2) is 5.43 Å². The highest BCUT2D eigenvalue weighted by atomic mass is 35.5. The second-order valence-corrected chi connectivity index (χ2v) is 4.51. The molecular weight excluding hydrogens is 289 g/mol. The number of aldehydes is 1. The number of hydrogen-bond donors (Lipinski definition) is 2. The summed E-state index contributed by atoms with van der Waals surface area (Å²) in [5.74, 6) is -0.310. The molecule has 1 aliphatic carbocycles. The molecule has 0 heterocycles. The van der Waals surface area contributed by atoms with Crippen LogP contribution >= 0.6 is 23.2 Å². The molecule has 0 radical (unpaired) electrons. The normalized spacial score (nSPS) is 16.5. The molecule has 0 spiro atoms. The van der Waals surface area contributed by atoms with E-state index in [1.54, 1.807) is 19.1 Å². The molecule has 0 bridgehead atoms. The van der Waals surface area contributed by atoms with Crippen LogP contribution in [-0.2, 0) is 9.59 Å². The highest BCUT2D eigenvalue weighted by Gasteiger charge is 2.17. The summed E-state index contributed by atoms with van der Waals surface area (Å²) in [4.78, 5) is 22.2. The summed E-state index contributed by atoms with van der Waals surface area (Å²) in [6.45, 7) is 1.67. The number of amides is 1. The van der Waals surface area contributed by atoms with Crippen molar-refractivity contribution in [3.63, 3.8) is 0 Å². The summed E-state index contributed by atoms with van der Waals surface area (Å²) in [7, 11) is 0. The van der Waals surface area contributed by atoms with Crippen LogP contribution in [0.2, 0.25) is 0 Å². The van der Waals surface area contributed by atoms with E-state index in [0.29, 0.717) is 17.6 Å². The number of carbonyl (C=O) groups excluding carboxylic acids is 2. The van der Waals surface area contributed by atoms with Gasteiger partial charge in [-0.2, -0.15) is 5.10 Å². The van der Waals surface area contributed by atoms with Crippen molar-refractivity contribution in [3.05, 3.63) is 33.5 Å². The Kier molecular flexibility index (Phi) is 5.79. The number of halogens is 2. The fourth-order valence-corrected chi connectivity index (χ4v) is 1.71. The zero-order valence-electron chi connectivity index (χ0n) is 10.2. The topological polar surface area (TPSA) is 84.5 Å². The van der Waals surface area contributed by atoms with E-state index in [1.165, 1.54) is 0 Å². The molecule has 102 valence electrons. The molecule has 0 atom stereocenters. The van der Waals surface area contributed by atoms with Crippen molar-refractivity contribution < 1.29 is 9.59 Å². The number of carbonyl (C=O) groups is 2. The lowest BCUT2D eigenvalue weighted by Gasteiger charge is -2.08. The Bertz CT molecular complexity index is 519. The third-order valence-electron chi connectivity index (χ3n) is 2.34. The lowest BCUT2D eigenvalue weighted by molar-refractivity contribution is -0.120. The van der Waals surface area contributed by atoms with E-state index in [-0.39, 0.29) is 34.5 Å². The Hall–Kier alpha value is -1.59. The van der Waals surface area contributed by atoms with Gasteiger partial charge in [0.15, 0.2) is 6.29 Å². The minimum absolute atomic E-state index is 0.00315. The van der Waals surface area contributed by atoms with Gasteiger partial charge in [-0.05, 0) is 12.2 Å². The molecular formula is C12H13Cl2N3O2. The maximum absolute atomic E-state index is 11.1. The van der Waals surface area contributed by atoms with E-state index in [1.807, 2.05) is 0 Å². The Morgan fingerprint density at radius 1 is 1.53 bits per heavy atom. The third kappa shape index (κ3) is 4.22. The molecule has 0 aromatic rings. The van der Waals surface area contributed by atoms with Crippen LogP contribution in [0.3, 0.4) is 0 Å². The van der Waals surface area contributed by atoms with E-state index in [0.717, 1.165) is 0 Å². The first-order chi connectivity index (χ1) is 8.99. The maximum atomic E-state index is 11.1. The molecule has 0 saturated carbocycles. The smallest absolute Gasteiger partial charge is 0.239 e. The fraction of sp³-hybridized carbons (Fsp3) is 0.250. The van der Waals surface area contributed by atoms with E-state index in [4.69, 9.17) is 28.9 Å². The SMILES string of the molecule is CCC(=O)N/N=C(\C=O)C1=C(Cl)C(Cl)=CC=C(N)C1. The number of nitrogens with zero attached hydrogens (tertiary/aromatic N) is 1. The third-order valence-corrected chi connectivity index (χ3v) is 3.19. The van der Waals surface area contributed by atoms with Crippen LogP contribution in [0.15, 0.2) is 38.6 Å². The Labute approximate surface area is 120 Å². The summed E-state index contributed by atoms with van der Waals surface area (Å²) < 4.78 is 0. The van der Waals surface area contributed by atoms with Crippen molar-refractivity contribution >= 4 is 41.1 Å². The van der Waals surface area contributed by atoms with Crippen LogP contribution in [0.5, 0.6) is 0 Å². The molecule has 5 nitrogen and oxygen atoms in total. The van der Waals surface area contributed by atoms with E-state index in [2.05, 4.69) is 10.5 Å². The van der Waals surface area contributed by atoms with E-state index >= 15 is 0 Å². The molecule has 0 unspecified atom stereocenters. The molecule has 3 N–H and O–H groups in total. The molecule has 1 aliphatic rings. The monoisotopic (exact) mass is 301 g/mol. The number of nitrogens with one attached hydrogen (secondary N) is 1. The second kappa shape index (κ2) is 7.11. The van der Waals surface area contributed by atoms with Gasteiger partial charge in [-0.1, -0.05) is 30.1 Å². The molecule has 0 aliphatic heterocycles. The minimum atomic E-state index is -0.310. The number of hydrazone groups is 1. The van der Waals surface area contributed by atoms with Gasteiger partial charge in [-0.15, -0.1) is 0 Å². The first-order valence-electron chi connectivity index (χ1n) is 5.52. The highest BCUT2D eigenvalue weighted by molar-refractivity contribution is 6.48. The maximum Gasteiger partial charge on any atom is 0.239 e. The van der Waals surface area contributed by atoms with Crippen molar-refractivity contribution in [2.75, 3.05) is 0 Å². The molecule has 0 aromatic heterocycles. The van der Waals surface area contributed by atoms with Gasteiger partial charge >= 0.3 is 0 Å². The first-order valence-corrected chi connectivity index (χ1v) is 6.28. The molecule has 19 heavy (non-hydrogen) atoms. The van der Waals surface area contributed by atoms with Gasteiger partial charge in [0.2, 0.25) is 5.91 Å². The van der Waals surface area contributed by atoms with Crippen LogP contribution in [0.25, 0.3) is 0 Å². The van der Waals surface area contributed by atoms with Crippen LogP contribution in [0.4, 0.5) is 0 Å². The van der Waals surface area contributed by atoms with Crippen LogP contribution in [-0.4, -0.2) is 17.9 Å². The van der Waals surface area contributed by atoms with Crippen molar-refractivity contribution in [1.82, 2.24) is 5.43 Å². The van der Waals surface area contributed by atoms with Crippen molar-refractivity contribution in [2.45, 2.75) is 19.8 Å². The molecule has 0 fully saturated rings. The van der Waals surface area contributed by atoms with Gasteiger partial charge in [0.25, 0.3) is 0 Å². The van der Waals surface area contributed by atoms with Crippen LogP contribution < -0.4 is 11.2 Å². The number of allylic oxidation sites excluding steroid dienone is 5. The van der Waals surface area contributed by atoms with Gasteiger partial charge in [0.05, 0.1) is 10.1 Å². The predicted octanol–water partition coefficient (Wildman–Crippen LogP) is 1.93. The van der Waals surface area contributed by atoms with E-state index < -0.39 is 0 Å². The summed E-state index contributed by atoms with van der Waals surface area (Å²) >= 11 is 12.0. The minimum Gasteiger partial charge on any atom is -0.402 e. The molecule has 1 rings (SSSR count). The Morgan fingerprint density at radius 2 is 2.21 bits per heavy atom. The summed E-state index contributed by atoms with van der Waals surface area (Å²) in [5.41, 5.74) is 8.84. The Morgan fingerprint density at radius 3 is 2.79 bits per heavy atom. The number of rotatable bonds is 4. The molecule has 7 heteroatoms. The van der Waals surface area contributed by atoms with E-state index in [9.17, 15) is 9.59 Å². The van der Waals surface area contributed by atoms with Gasteiger partial charge < -0.3 is 5.73 Å². The van der Waals surface area contributed by atoms with Crippen LogP contribution in [0, 0.1) is 0 Å². The Balaban J connectivity index is 3.13. The van der Waals surface area contributed by atoms with Crippen molar-refractivity contribution in [2.24, 2.45) is 10.8 Å². The number of nitrogens with two attached hydrogens (primary N) is 1. The summed E-state index contributed by atoms with van der Waals surface area (Å²) in [5, 5.41) is 4.18. The fourth-order valence-electron chi connectivity index (χ4n) is 1.31. The molecule has 1 amide bonds. The lowest BCUT2D eigenvalue weighted by Crippen LogP contribution is -2.20. The predicted molar refractivity (Wildman–Crippen MR) is 75.6 cm³/mol. The molecule has 0 aromatic carbocycles. The highest BCUT2D eigenvalue weighted by Crippen LogP contribution is 2.29. The van der Waals surface area contributed by atoms with Crippen molar-refractivity contribution in [1.29, 1.82) is 0 Å². The van der Waals surface area contributed by atoms with Crippen LogP contribution in [0.1, 0.15) is 19.8 Å². The summed E-state index contributed by atoms with van der Waals surface area (Å²) in [6, 6.07) is 0. The second-order valence-electron chi connectivity index (χ2n) is 3.73. The summed E-state index contributed by atoms with van der Waals surface area (Å²) in [6.07, 6.45) is 4.12. The zero-order chi connectivity index (χ0) is 14.4. The quantitative estimate of drug-likeness (QED) is 0.473. The van der Waals surface area contributed by atoms with Gasteiger partial charge in [-0.3, -0.25) is 9.59 Å². The average Bonchev–Trinajstić information content (AvgIpc) is 2.53. The van der Waals surface area contributed by atoms with Crippen molar-refractivity contribution in [3.8, 4) is 0 Å². The number of hydrogen-bond acceptors (Lipinski definition) is 4. The average molecular weight is 302 g/mol.